The van der Waals surface area contributed by atoms with Crippen LogP contribution in [-0.2, 0) is 7.05 Å². The smallest absolute Gasteiger partial charge is 0.271 e. The summed E-state index contributed by atoms with van der Waals surface area (Å²) in [5.74, 6) is -0.0195. The number of carbonyl (C=O) groups excluding carboxylic acids is 1. The average Bonchev–Trinajstić information content (AvgIpc) is 3.08. The molecule has 1 heterocycles. The first-order valence-electron chi connectivity index (χ1n) is 7.85. The van der Waals surface area contributed by atoms with Gasteiger partial charge in [-0.25, -0.2) is 10.4 Å². The summed E-state index contributed by atoms with van der Waals surface area (Å²) in [4.78, 5) is 27.1. The number of nitrogens with zero attached hydrogens (tertiary/aromatic N) is 4. The van der Waals surface area contributed by atoms with Crippen LogP contribution in [0.2, 0.25) is 0 Å². The first-order valence-corrected chi connectivity index (χ1v) is 7.85. The van der Waals surface area contributed by atoms with Gasteiger partial charge in [0.1, 0.15) is 11.5 Å². The van der Waals surface area contributed by atoms with E-state index in [2.05, 4.69) is 15.5 Å². The molecule has 0 fully saturated rings. The molecular formula is C18H15N5O4. The molecule has 0 aliphatic carbocycles. The van der Waals surface area contributed by atoms with E-state index in [1.807, 2.05) is 0 Å². The number of rotatable bonds is 5. The number of imidazole rings is 1. The third-order valence-corrected chi connectivity index (χ3v) is 3.76. The maximum Gasteiger partial charge on any atom is 0.271 e. The van der Waals surface area contributed by atoms with E-state index in [1.54, 1.807) is 30.1 Å². The van der Waals surface area contributed by atoms with Gasteiger partial charge in [0.05, 0.1) is 4.92 Å². The van der Waals surface area contributed by atoms with Gasteiger partial charge < -0.3 is 9.67 Å². The van der Waals surface area contributed by atoms with Gasteiger partial charge in [-0.2, -0.15) is 5.10 Å². The molecule has 3 aromatic rings. The summed E-state index contributed by atoms with van der Waals surface area (Å²) in [7, 11) is 1.75. The Morgan fingerprint density at radius 1 is 1.22 bits per heavy atom. The number of hydrogen-bond acceptors (Lipinski definition) is 6. The molecule has 2 N–H and O–H groups in total. The van der Waals surface area contributed by atoms with Crippen molar-refractivity contribution in [3.8, 4) is 5.75 Å². The minimum Gasteiger partial charge on any atom is -0.508 e. The molecule has 0 aliphatic rings. The Bertz CT molecular complexity index is 1020. The summed E-state index contributed by atoms with van der Waals surface area (Å²) in [6.45, 7) is 0. The minimum absolute atomic E-state index is 0.0420. The van der Waals surface area contributed by atoms with E-state index in [0.717, 1.165) is 0 Å². The normalized spacial score (nSPS) is 11.2. The highest BCUT2D eigenvalue weighted by Crippen LogP contribution is 2.17. The van der Waals surface area contributed by atoms with Crippen molar-refractivity contribution in [1.29, 1.82) is 0 Å². The first-order chi connectivity index (χ1) is 13.0. The van der Waals surface area contributed by atoms with Crippen LogP contribution in [0.5, 0.6) is 5.75 Å². The highest BCUT2D eigenvalue weighted by molar-refractivity contribution is 6.11. The molecule has 9 heteroatoms. The van der Waals surface area contributed by atoms with Crippen molar-refractivity contribution < 1.29 is 14.8 Å². The van der Waals surface area contributed by atoms with Crippen LogP contribution < -0.4 is 5.43 Å². The number of phenols is 1. The summed E-state index contributed by atoms with van der Waals surface area (Å²) < 4.78 is 1.68. The van der Waals surface area contributed by atoms with Gasteiger partial charge in [-0.3, -0.25) is 14.9 Å². The third kappa shape index (κ3) is 3.98. The summed E-state index contributed by atoms with van der Waals surface area (Å²) >= 11 is 0. The number of non-ortho nitro benzene ring substituents is 1. The number of hydrogen-bond donors (Lipinski definition) is 2. The number of aromatic hydroxyl groups is 1. The van der Waals surface area contributed by atoms with Crippen molar-refractivity contribution in [3.63, 3.8) is 0 Å². The number of aromatic nitrogens is 2. The summed E-state index contributed by atoms with van der Waals surface area (Å²) in [5.41, 5.74) is 3.34. The number of carbonyl (C=O) groups is 1. The van der Waals surface area contributed by atoms with E-state index >= 15 is 0 Å². The van der Waals surface area contributed by atoms with E-state index in [-0.39, 0.29) is 17.1 Å². The highest BCUT2D eigenvalue weighted by Gasteiger charge is 2.16. The van der Waals surface area contributed by atoms with Crippen molar-refractivity contribution in [1.82, 2.24) is 15.0 Å². The van der Waals surface area contributed by atoms with E-state index in [0.29, 0.717) is 17.0 Å². The van der Waals surface area contributed by atoms with Crippen molar-refractivity contribution in [3.05, 3.63) is 88.0 Å². The molecule has 27 heavy (non-hydrogen) atoms. The zero-order valence-corrected chi connectivity index (χ0v) is 14.2. The highest BCUT2D eigenvalue weighted by atomic mass is 16.6. The number of nitro groups is 1. The Kier molecular flexibility index (Phi) is 4.93. The number of hydrazone groups is 1. The standard InChI is InChI=1S/C18H15N5O4/c1-22-10-9-19-17(22)16(13-3-2-4-14(11-13)23(26)27)20-21-18(25)12-5-7-15(24)8-6-12/h2-11,24H,1H3,(H,21,25)/b20-16+. The molecule has 0 saturated carbocycles. The molecule has 0 bridgehead atoms. The molecule has 0 unspecified atom stereocenters. The Hall–Kier alpha value is -4.01. The topological polar surface area (TPSA) is 123 Å². The van der Waals surface area contributed by atoms with E-state index < -0.39 is 10.8 Å². The lowest BCUT2D eigenvalue weighted by atomic mass is 10.1. The van der Waals surface area contributed by atoms with E-state index in [1.165, 1.54) is 42.5 Å². The Labute approximate surface area is 153 Å². The lowest BCUT2D eigenvalue weighted by Crippen LogP contribution is -2.22. The maximum absolute atomic E-state index is 12.3. The number of nitro benzene ring substituents is 1. The van der Waals surface area contributed by atoms with Crippen molar-refractivity contribution in [2.24, 2.45) is 12.1 Å². The van der Waals surface area contributed by atoms with Gasteiger partial charge in [0.15, 0.2) is 5.82 Å². The van der Waals surface area contributed by atoms with Crippen LogP contribution in [0.1, 0.15) is 21.7 Å². The van der Waals surface area contributed by atoms with Gasteiger partial charge in [0.2, 0.25) is 0 Å². The van der Waals surface area contributed by atoms with Crippen LogP contribution in [0.25, 0.3) is 0 Å². The number of aryl methyl sites for hydroxylation is 1. The summed E-state index contributed by atoms with van der Waals surface area (Å²) in [6.07, 6.45) is 3.26. The lowest BCUT2D eigenvalue weighted by molar-refractivity contribution is -0.384. The second-order valence-corrected chi connectivity index (χ2v) is 5.62. The van der Waals surface area contributed by atoms with Gasteiger partial charge in [-0.1, -0.05) is 12.1 Å². The molecule has 0 atom stereocenters. The van der Waals surface area contributed by atoms with Gasteiger partial charge in [-0.05, 0) is 24.3 Å². The van der Waals surface area contributed by atoms with Gasteiger partial charge in [-0.15, -0.1) is 0 Å². The predicted molar refractivity (Wildman–Crippen MR) is 97.5 cm³/mol. The minimum atomic E-state index is -0.505. The number of phenolic OH excluding ortho intramolecular Hbond substituents is 1. The summed E-state index contributed by atoms with van der Waals surface area (Å²) in [6, 6.07) is 11.6. The van der Waals surface area contributed by atoms with Gasteiger partial charge >= 0.3 is 0 Å². The first kappa shape index (κ1) is 17.8. The van der Waals surface area contributed by atoms with E-state index in [9.17, 15) is 20.0 Å². The molecule has 9 nitrogen and oxygen atoms in total. The molecule has 0 radical (unpaired) electrons. The molecule has 3 rings (SSSR count). The molecule has 2 aromatic carbocycles. The fourth-order valence-electron chi connectivity index (χ4n) is 2.39. The SMILES string of the molecule is Cn1ccnc1/C(=N/NC(=O)c1ccc(O)cc1)c1cccc([N+](=O)[O-])c1. The zero-order chi connectivity index (χ0) is 19.4. The number of nitrogens with one attached hydrogen (secondary N) is 1. The largest absolute Gasteiger partial charge is 0.508 e. The second kappa shape index (κ2) is 7.48. The van der Waals surface area contributed by atoms with Crippen molar-refractivity contribution in [2.75, 3.05) is 0 Å². The Morgan fingerprint density at radius 3 is 2.59 bits per heavy atom. The van der Waals surface area contributed by atoms with Crippen LogP contribution in [0.4, 0.5) is 5.69 Å². The molecule has 1 aromatic heterocycles. The fraction of sp³-hybridized carbons (Fsp3) is 0.0556. The second-order valence-electron chi connectivity index (χ2n) is 5.62. The number of benzene rings is 2. The van der Waals surface area contributed by atoms with Crippen LogP contribution in [0, 0.1) is 10.1 Å². The monoisotopic (exact) mass is 365 g/mol. The third-order valence-electron chi connectivity index (χ3n) is 3.76. The van der Waals surface area contributed by atoms with Gasteiger partial charge in [0.25, 0.3) is 11.6 Å². The molecule has 1 amide bonds. The molecule has 0 aliphatic heterocycles. The predicted octanol–water partition coefficient (Wildman–Crippen LogP) is 2.22. The zero-order valence-electron chi connectivity index (χ0n) is 14.2. The van der Waals surface area contributed by atoms with E-state index in [4.69, 9.17) is 0 Å². The molecule has 0 spiro atoms. The fourth-order valence-corrected chi connectivity index (χ4v) is 2.39. The van der Waals surface area contributed by atoms with Crippen molar-refractivity contribution in [2.45, 2.75) is 0 Å². The van der Waals surface area contributed by atoms with Crippen LogP contribution in [0.15, 0.2) is 66.0 Å². The molecular weight excluding hydrogens is 350 g/mol. The Balaban J connectivity index is 1.98. The Morgan fingerprint density at radius 2 is 1.96 bits per heavy atom. The molecule has 0 saturated heterocycles. The lowest BCUT2D eigenvalue weighted by Gasteiger charge is -2.08. The molecule has 136 valence electrons. The number of amides is 1. The average molecular weight is 365 g/mol. The van der Waals surface area contributed by atoms with Crippen LogP contribution >= 0.6 is 0 Å². The van der Waals surface area contributed by atoms with Gasteiger partial charge in [0, 0.05) is 42.7 Å². The van der Waals surface area contributed by atoms with Crippen molar-refractivity contribution >= 4 is 17.3 Å². The maximum atomic E-state index is 12.3. The quantitative estimate of drug-likeness (QED) is 0.408. The van der Waals surface area contributed by atoms with Crippen LogP contribution in [0.3, 0.4) is 0 Å². The summed E-state index contributed by atoms with van der Waals surface area (Å²) in [5, 5.41) is 24.5. The van der Waals surface area contributed by atoms with Crippen LogP contribution in [-0.4, -0.2) is 31.2 Å².